The van der Waals surface area contributed by atoms with E-state index in [2.05, 4.69) is 19.2 Å². The maximum absolute atomic E-state index is 13.6. The second-order valence-electron chi connectivity index (χ2n) is 10.0. The van der Waals surface area contributed by atoms with Crippen molar-refractivity contribution in [3.05, 3.63) is 23.3 Å². The van der Waals surface area contributed by atoms with E-state index in [4.69, 9.17) is 4.74 Å². The minimum Gasteiger partial charge on any atom is -0.465 e. The Bertz CT molecular complexity index is 852. The first-order valence-corrected chi connectivity index (χ1v) is 14.9. The van der Waals surface area contributed by atoms with Gasteiger partial charge in [-0.2, -0.15) is 0 Å². The minimum absolute atomic E-state index is 0.111. The van der Waals surface area contributed by atoms with E-state index in [9.17, 15) is 14.4 Å². The van der Waals surface area contributed by atoms with Gasteiger partial charge in [-0.15, -0.1) is 0 Å². The third-order valence-corrected chi connectivity index (χ3v) is 7.07. The van der Waals surface area contributed by atoms with Crippen LogP contribution in [0.5, 0.6) is 0 Å². The summed E-state index contributed by atoms with van der Waals surface area (Å²) in [4.78, 5) is 42.6. The van der Waals surface area contributed by atoms with Crippen molar-refractivity contribution in [3.63, 3.8) is 0 Å². The minimum atomic E-state index is -0.499. The first kappa shape index (κ1) is 33.5. The van der Waals surface area contributed by atoms with E-state index in [0.717, 1.165) is 32.1 Å². The highest BCUT2D eigenvalue weighted by atomic mass is 16.5. The van der Waals surface area contributed by atoms with Crippen LogP contribution >= 0.6 is 0 Å². The predicted octanol–water partition coefficient (Wildman–Crippen LogP) is 7.44. The van der Waals surface area contributed by atoms with Gasteiger partial charge in [-0.05, 0) is 38.8 Å². The molecule has 7 nitrogen and oxygen atoms in total. The Hall–Kier alpha value is -2.57. The molecule has 0 aliphatic carbocycles. The molecule has 0 spiro atoms. The third kappa shape index (κ3) is 11.0. The number of nitrogens with one attached hydrogen (secondary N) is 1. The van der Waals surface area contributed by atoms with E-state index in [1.54, 1.807) is 28.9 Å². The number of nitrogens with zero attached hydrogens (tertiary/aromatic N) is 2. The number of ether oxygens (including phenoxy) is 1. The molecule has 0 atom stereocenters. The van der Waals surface area contributed by atoms with Gasteiger partial charge in [-0.3, -0.25) is 9.59 Å². The number of hydrogen-bond donors (Lipinski definition) is 1. The van der Waals surface area contributed by atoms with Crippen molar-refractivity contribution in [2.45, 2.75) is 112 Å². The van der Waals surface area contributed by atoms with Gasteiger partial charge in [0.05, 0.1) is 29.6 Å². The summed E-state index contributed by atoms with van der Waals surface area (Å²) in [6.45, 7) is 12.1. The lowest BCUT2D eigenvalue weighted by atomic mass is 10.0. The highest BCUT2D eigenvalue weighted by molar-refractivity contribution is 6.08. The van der Waals surface area contributed by atoms with Gasteiger partial charge in [-0.25, -0.2) is 4.79 Å². The molecule has 7 heteroatoms. The van der Waals surface area contributed by atoms with Crippen molar-refractivity contribution < 1.29 is 19.1 Å². The van der Waals surface area contributed by atoms with Gasteiger partial charge in [0, 0.05) is 33.1 Å². The van der Waals surface area contributed by atoms with Crippen molar-refractivity contribution in [3.8, 4) is 0 Å². The summed E-state index contributed by atoms with van der Waals surface area (Å²) < 4.78 is 5.07. The van der Waals surface area contributed by atoms with Gasteiger partial charge in [-0.1, -0.05) is 78.1 Å². The summed E-state index contributed by atoms with van der Waals surface area (Å²) in [5, 5.41) is 3.40. The Balaban J connectivity index is 3.34. The van der Waals surface area contributed by atoms with Crippen LogP contribution in [-0.2, 0) is 9.53 Å². The molecule has 38 heavy (non-hydrogen) atoms. The molecular formula is C31H53N3O4. The zero-order valence-corrected chi connectivity index (χ0v) is 25.0. The Kier molecular flexibility index (Phi) is 17.2. The second kappa shape index (κ2) is 19.5. The Labute approximate surface area is 231 Å². The summed E-state index contributed by atoms with van der Waals surface area (Å²) in [6, 6.07) is 3.42. The average molecular weight is 532 g/mol. The van der Waals surface area contributed by atoms with Crippen molar-refractivity contribution in [1.29, 1.82) is 0 Å². The number of anilines is 2. The summed E-state index contributed by atoms with van der Waals surface area (Å²) in [7, 11) is 1.35. The molecule has 0 unspecified atom stereocenters. The summed E-state index contributed by atoms with van der Waals surface area (Å²) in [5.41, 5.74) is 1.84. The normalized spacial score (nSPS) is 10.8. The lowest BCUT2D eigenvalue weighted by molar-refractivity contribution is -0.116. The van der Waals surface area contributed by atoms with Gasteiger partial charge in [0.15, 0.2) is 0 Å². The quantitative estimate of drug-likeness (QED) is 0.140. The zero-order chi connectivity index (χ0) is 28.3. The molecule has 0 bridgehead atoms. The van der Waals surface area contributed by atoms with Gasteiger partial charge < -0.3 is 19.9 Å². The van der Waals surface area contributed by atoms with E-state index in [0.29, 0.717) is 48.7 Å². The van der Waals surface area contributed by atoms with Crippen molar-refractivity contribution in [2.24, 2.45) is 0 Å². The molecule has 1 aromatic rings. The number of unbranched alkanes of at least 4 members (excludes halogenated alkanes) is 10. The van der Waals surface area contributed by atoms with E-state index in [1.807, 2.05) is 13.8 Å². The number of esters is 1. The number of carbonyl (C=O) groups is 3. The zero-order valence-electron chi connectivity index (χ0n) is 25.0. The van der Waals surface area contributed by atoms with E-state index < -0.39 is 5.97 Å². The van der Waals surface area contributed by atoms with E-state index >= 15 is 0 Å². The number of benzene rings is 1. The fourth-order valence-corrected chi connectivity index (χ4v) is 4.72. The van der Waals surface area contributed by atoms with Crippen LogP contribution in [0.1, 0.15) is 132 Å². The number of carbonyl (C=O) groups excluding carboxylic acids is 3. The van der Waals surface area contributed by atoms with Crippen LogP contribution in [0.25, 0.3) is 0 Å². The van der Waals surface area contributed by atoms with Gasteiger partial charge in [0.25, 0.3) is 5.91 Å². The van der Waals surface area contributed by atoms with Crippen molar-refractivity contribution in [2.75, 3.05) is 43.5 Å². The Morgan fingerprint density at radius 2 is 1.32 bits per heavy atom. The Morgan fingerprint density at radius 1 is 0.763 bits per heavy atom. The maximum atomic E-state index is 13.6. The highest BCUT2D eigenvalue weighted by Crippen LogP contribution is 2.31. The van der Waals surface area contributed by atoms with Crippen LogP contribution in [0, 0.1) is 0 Å². The number of amides is 2. The molecule has 0 aliphatic rings. The third-order valence-electron chi connectivity index (χ3n) is 7.07. The molecule has 0 saturated heterocycles. The fourth-order valence-electron chi connectivity index (χ4n) is 4.72. The largest absolute Gasteiger partial charge is 0.465 e. The molecule has 0 fully saturated rings. The van der Waals surface area contributed by atoms with E-state index in [1.165, 1.54) is 52.1 Å². The van der Waals surface area contributed by atoms with Crippen LogP contribution in [0.15, 0.2) is 12.1 Å². The standard InChI is InChI=1S/C31H53N3O4/c1-7-11-13-15-17-19-21-32-28-24-29(34(25(5)35)22-20-18-16-14-12-8-2)27(23-26(28)31(37)38-6)30(36)33(9-3)10-4/h23-24,32H,7-22H2,1-6H3. The topological polar surface area (TPSA) is 79.0 Å². The molecule has 1 N–H and O–H groups in total. The van der Waals surface area contributed by atoms with Crippen LogP contribution in [-0.4, -0.2) is 56.0 Å². The number of hydrogen-bond acceptors (Lipinski definition) is 5. The van der Waals surface area contributed by atoms with Gasteiger partial charge in [0.2, 0.25) is 5.91 Å². The van der Waals surface area contributed by atoms with Gasteiger partial charge in [0.1, 0.15) is 0 Å². The van der Waals surface area contributed by atoms with Crippen LogP contribution in [0.2, 0.25) is 0 Å². The summed E-state index contributed by atoms with van der Waals surface area (Å²) >= 11 is 0. The smallest absolute Gasteiger partial charge is 0.339 e. The monoisotopic (exact) mass is 531 g/mol. The predicted molar refractivity (Wildman–Crippen MR) is 158 cm³/mol. The lowest BCUT2D eigenvalue weighted by Crippen LogP contribution is -2.35. The molecule has 0 saturated carbocycles. The SMILES string of the molecule is CCCCCCCCNc1cc(N(CCCCCCCC)C(C)=O)c(C(=O)N(CC)CC)cc1C(=O)OC. The maximum Gasteiger partial charge on any atom is 0.339 e. The van der Waals surface area contributed by atoms with Crippen molar-refractivity contribution >= 4 is 29.2 Å². The number of rotatable bonds is 20. The first-order chi connectivity index (χ1) is 18.4. The molecule has 1 rings (SSSR count). The molecule has 0 radical (unpaired) electrons. The molecule has 0 aromatic heterocycles. The van der Waals surface area contributed by atoms with Crippen LogP contribution in [0.3, 0.4) is 0 Å². The molecule has 2 amide bonds. The molecule has 0 aliphatic heterocycles. The van der Waals surface area contributed by atoms with Crippen molar-refractivity contribution in [1.82, 2.24) is 4.90 Å². The summed E-state index contributed by atoms with van der Waals surface area (Å²) in [5.74, 6) is -0.799. The highest BCUT2D eigenvalue weighted by Gasteiger charge is 2.26. The summed E-state index contributed by atoms with van der Waals surface area (Å²) in [6.07, 6.45) is 13.6. The molecule has 216 valence electrons. The second-order valence-corrected chi connectivity index (χ2v) is 10.0. The fraction of sp³-hybridized carbons (Fsp3) is 0.710. The lowest BCUT2D eigenvalue weighted by Gasteiger charge is -2.28. The average Bonchev–Trinajstić information content (AvgIpc) is 2.91. The van der Waals surface area contributed by atoms with Crippen LogP contribution in [0.4, 0.5) is 11.4 Å². The number of methoxy groups -OCH3 is 1. The van der Waals surface area contributed by atoms with E-state index in [-0.39, 0.29) is 11.8 Å². The molecular weight excluding hydrogens is 478 g/mol. The first-order valence-electron chi connectivity index (χ1n) is 14.9. The Morgan fingerprint density at radius 3 is 1.84 bits per heavy atom. The molecule has 1 aromatic carbocycles. The van der Waals surface area contributed by atoms with Crippen LogP contribution < -0.4 is 10.2 Å². The van der Waals surface area contributed by atoms with Gasteiger partial charge >= 0.3 is 5.97 Å². The molecule has 0 heterocycles.